The first-order chi connectivity index (χ1) is 13.3. The first-order valence-electron chi connectivity index (χ1n) is 8.65. The second-order valence-corrected chi connectivity index (χ2v) is 8.35. The monoisotopic (exact) mass is 426 g/mol. The number of furan rings is 1. The van der Waals surface area contributed by atoms with E-state index in [1.165, 1.54) is 16.4 Å². The number of esters is 1. The van der Waals surface area contributed by atoms with Gasteiger partial charge in [0.15, 0.2) is 0 Å². The van der Waals surface area contributed by atoms with Crippen LogP contribution >= 0.6 is 11.6 Å². The molecule has 28 heavy (non-hydrogen) atoms. The Balaban J connectivity index is 1.66. The van der Waals surface area contributed by atoms with Crippen molar-refractivity contribution in [2.75, 3.05) is 32.8 Å². The average molecular weight is 427 g/mol. The summed E-state index contributed by atoms with van der Waals surface area (Å²) in [4.78, 5) is 25.8. The number of amides is 1. The van der Waals surface area contributed by atoms with Gasteiger partial charge in [-0.15, -0.1) is 0 Å². The van der Waals surface area contributed by atoms with E-state index in [1.54, 1.807) is 36.1 Å². The summed E-state index contributed by atoms with van der Waals surface area (Å²) in [5, 5.41) is 0.209. The van der Waals surface area contributed by atoms with E-state index < -0.39 is 16.0 Å². The molecule has 0 bridgehead atoms. The molecule has 0 aliphatic carbocycles. The van der Waals surface area contributed by atoms with E-state index in [4.69, 9.17) is 20.8 Å². The number of halogens is 1. The van der Waals surface area contributed by atoms with Gasteiger partial charge < -0.3 is 14.1 Å². The Morgan fingerprint density at radius 2 is 1.71 bits per heavy atom. The van der Waals surface area contributed by atoms with E-state index in [9.17, 15) is 18.0 Å². The molecule has 0 spiro atoms. The second-order valence-electron chi connectivity index (χ2n) is 6.04. The molecule has 1 aliphatic rings. The Hall–Kier alpha value is -2.36. The van der Waals surface area contributed by atoms with Crippen molar-refractivity contribution in [2.24, 2.45) is 0 Å². The highest BCUT2D eigenvalue weighted by atomic mass is 35.5. The Labute approximate surface area is 167 Å². The molecule has 0 N–H and O–H groups in total. The fourth-order valence-electron chi connectivity index (χ4n) is 2.80. The highest BCUT2D eigenvalue weighted by molar-refractivity contribution is 7.89. The molecule has 1 aliphatic heterocycles. The number of sulfonamides is 1. The largest absolute Gasteiger partial charge is 0.460 e. The summed E-state index contributed by atoms with van der Waals surface area (Å²) in [5.41, 5.74) is 0.492. The topological polar surface area (TPSA) is 97.1 Å². The number of hydrogen-bond donors (Lipinski definition) is 0. The number of carbonyl (C=O) groups is 2. The molecule has 10 heteroatoms. The van der Waals surface area contributed by atoms with Crippen LogP contribution < -0.4 is 0 Å². The Morgan fingerprint density at radius 1 is 1.07 bits per heavy atom. The van der Waals surface area contributed by atoms with Crippen molar-refractivity contribution in [1.82, 2.24) is 9.21 Å². The van der Waals surface area contributed by atoms with Gasteiger partial charge in [-0.2, -0.15) is 4.31 Å². The summed E-state index contributed by atoms with van der Waals surface area (Å²) in [7, 11) is -3.91. The van der Waals surface area contributed by atoms with Gasteiger partial charge in [0, 0.05) is 36.8 Å². The van der Waals surface area contributed by atoms with Gasteiger partial charge in [-0.05, 0) is 43.3 Å². The van der Waals surface area contributed by atoms with Crippen LogP contribution in [0, 0.1) is 0 Å². The molecule has 2 aromatic rings. The molecule has 1 saturated heterocycles. The van der Waals surface area contributed by atoms with Crippen molar-refractivity contribution in [1.29, 1.82) is 0 Å². The van der Waals surface area contributed by atoms with Gasteiger partial charge in [0.2, 0.25) is 10.9 Å². The van der Waals surface area contributed by atoms with E-state index in [0.29, 0.717) is 10.6 Å². The van der Waals surface area contributed by atoms with Crippen LogP contribution in [0.1, 0.15) is 27.8 Å². The van der Waals surface area contributed by atoms with Crippen LogP contribution in [0.4, 0.5) is 0 Å². The van der Waals surface area contributed by atoms with Crippen molar-refractivity contribution >= 4 is 33.5 Å². The SMILES string of the molecule is CCOC(=O)c1ccc(S(=O)(=O)N2CCN(C(=O)c3ccc(Cl)cc3)CC2)o1. The molecule has 0 atom stereocenters. The highest BCUT2D eigenvalue weighted by Crippen LogP contribution is 2.21. The number of ether oxygens (including phenoxy) is 1. The predicted octanol–water partition coefficient (Wildman–Crippen LogP) is 2.26. The minimum atomic E-state index is -3.91. The lowest BCUT2D eigenvalue weighted by Crippen LogP contribution is -2.50. The minimum absolute atomic E-state index is 0.122. The maximum atomic E-state index is 12.7. The molecule has 0 unspecified atom stereocenters. The summed E-state index contributed by atoms with van der Waals surface area (Å²) >= 11 is 5.83. The maximum absolute atomic E-state index is 12.7. The van der Waals surface area contributed by atoms with Crippen molar-refractivity contribution in [2.45, 2.75) is 12.0 Å². The lowest BCUT2D eigenvalue weighted by atomic mass is 10.2. The minimum Gasteiger partial charge on any atom is -0.460 e. The van der Waals surface area contributed by atoms with Gasteiger partial charge in [0.05, 0.1) is 6.61 Å². The van der Waals surface area contributed by atoms with E-state index in [-0.39, 0.29) is 49.5 Å². The van der Waals surface area contributed by atoms with E-state index >= 15 is 0 Å². The maximum Gasteiger partial charge on any atom is 0.374 e. The van der Waals surface area contributed by atoms with E-state index in [2.05, 4.69) is 0 Å². The fraction of sp³-hybridized carbons (Fsp3) is 0.333. The third-order valence-electron chi connectivity index (χ3n) is 4.27. The molecular formula is C18H19ClN2O6S. The zero-order valence-electron chi connectivity index (χ0n) is 15.1. The van der Waals surface area contributed by atoms with Crippen LogP contribution in [-0.2, 0) is 14.8 Å². The second kappa shape index (κ2) is 8.34. The molecule has 1 aromatic heterocycles. The van der Waals surface area contributed by atoms with Crippen LogP contribution in [0.25, 0.3) is 0 Å². The normalized spacial score (nSPS) is 15.4. The van der Waals surface area contributed by atoms with Crippen LogP contribution in [0.15, 0.2) is 45.9 Å². The number of rotatable bonds is 5. The van der Waals surface area contributed by atoms with Crippen LogP contribution in [-0.4, -0.2) is 62.3 Å². The lowest BCUT2D eigenvalue weighted by molar-refractivity contribution is 0.0483. The van der Waals surface area contributed by atoms with Crippen LogP contribution in [0.5, 0.6) is 0 Å². The van der Waals surface area contributed by atoms with Gasteiger partial charge in [0.1, 0.15) is 0 Å². The van der Waals surface area contributed by atoms with Crippen molar-refractivity contribution in [3.63, 3.8) is 0 Å². The first-order valence-corrected chi connectivity index (χ1v) is 10.5. The summed E-state index contributed by atoms with van der Waals surface area (Å²) < 4.78 is 36.7. The quantitative estimate of drug-likeness (QED) is 0.680. The summed E-state index contributed by atoms with van der Waals surface area (Å²) in [5.74, 6) is -1.07. The van der Waals surface area contributed by atoms with E-state index in [1.807, 2.05) is 0 Å². The molecule has 3 rings (SSSR count). The average Bonchev–Trinajstić information content (AvgIpc) is 3.20. The zero-order chi connectivity index (χ0) is 20.3. The third kappa shape index (κ3) is 4.21. The number of hydrogen-bond acceptors (Lipinski definition) is 6. The van der Waals surface area contributed by atoms with Crippen molar-refractivity contribution < 1.29 is 27.2 Å². The lowest BCUT2D eigenvalue weighted by Gasteiger charge is -2.33. The van der Waals surface area contributed by atoms with Gasteiger partial charge in [0.25, 0.3) is 15.9 Å². The molecule has 150 valence electrons. The number of nitrogens with zero attached hydrogens (tertiary/aromatic N) is 2. The Kier molecular flexibility index (Phi) is 6.07. The first kappa shape index (κ1) is 20.4. The zero-order valence-corrected chi connectivity index (χ0v) is 16.7. The number of carbonyl (C=O) groups excluding carboxylic acids is 2. The molecule has 0 saturated carbocycles. The molecular weight excluding hydrogens is 408 g/mol. The van der Waals surface area contributed by atoms with Crippen molar-refractivity contribution in [3.8, 4) is 0 Å². The molecule has 2 heterocycles. The van der Waals surface area contributed by atoms with Crippen LogP contribution in [0.2, 0.25) is 5.02 Å². The smallest absolute Gasteiger partial charge is 0.374 e. The molecule has 1 amide bonds. The van der Waals surface area contributed by atoms with Crippen LogP contribution in [0.3, 0.4) is 0 Å². The molecule has 8 nitrogen and oxygen atoms in total. The standard InChI is InChI=1S/C18H19ClN2O6S/c1-2-26-18(23)15-7-8-16(27-15)28(24,25)21-11-9-20(10-12-21)17(22)13-3-5-14(19)6-4-13/h3-8H,2,9-12H2,1H3. The van der Waals surface area contributed by atoms with Crippen molar-refractivity contribution in [3.05, 3.63) is 52.7 Å². The fourth-order valence-corrected chi connectivity index (χ4v) is 4.26. The van der Waals surface area contributed by atoms with Gasteiger partial charge in [-0.3, -0.25) is 4.79 Å². The van der Waals surface area contributed by atoms with Gasteiger partial charge >= 0.3 is 5.97 Å². The van der Waals surface area contributed by atoms with Gasteiger partial charge in [-0.25, -0.2) is 13.2 Å². The summed E-state index contributed by atoms with van der Waals surface area (Å²) in [6.45, 7) is 2.53. The Morgan fingerprint density at radius 3 is 2.32 bits per heavy atom. The number of piperazine rings is 1. The Bertz CT molecular complexity index is 962. The summed E-state index contributed by atoms with van der Waals surface area (Å²) in [6.07, 6.45) is 0. The number of benzene rings is 1. The third-order valence-corrected chi connectivity index (χ3v) is 6.29. The molecule has 1 fully saturated rings. The van der Waals surface area contributed by atoms with Gasteiger partial charge in [-0.1, -0.05) is 11.6 Å². The predicted molar refractivity (Wildman–Crippen MR) is 101 cm³/mol. The van der Waals surface area contributed by atoms with E-state index in [0.717, 1.165) is 0 Å². The summed E-state index contributed by atoms with van der Waals surface area (Å²) in [6, 6.07) is 9.03. The molecule has 0 radical (unpaired) electrons. The highest BCUT2D eigenvalue weighted by Gasteiger charge is 2.33. The molecule has 1 aromatic carbocycles.